The second-order valence-corrected chi connectivity index (χ2v) is 11.7. The number of halogens is 2. The molecule has 0 spiro atoms. The Kier molecular flexibility index (Phi) is 7.46. The number of rotatable bonds is 5. The molecule has 0 radical (unpaired) electrons. The number of hydrogen-bond acceptors (Lipinski definition) is 6. The number of nitrogens with two attached hydrogens (primary N) is 1. The van der Waals surface area contributed by atoms with Crippen LogP contribution in [0.2, 0.25) is 0 Å². The summed E-state index contributed by atoms with van der Waals surface area (Å²) in [5.74, 6) is -1.71. The molecular formula is C31H29F2N5O3S. The van der Waals surface area contributed by atoms with Crippen LogP contribution in [0.1, 0.15) is 51.9 Å². The largest absolute Gasteiger partial charge is 0.328 e. The summed E-state index contributed by atoms with van der Waals surface area (Å²) in [6, 6.07) is 10.7. The van der Waals surface area contributed by atoms with Crippen molar-refractivity contribution in [2.24, 2.45) is 11.7 Å². The van der Waals surface area contributed by atoms with Crippen molar-refractivity contribution in [2.45, 2.75) is 38.6 Å². The zero-order chi connectivity index (χ0) is 29.5. The molecule has 11 heteroatoms. The van der Waals surface area contributed by atoms with E-state index in [1.807, 2.05) is 6.92 Å². The highest BCUT2D eigenvalue weighted by Crippen LogP contribution is 2.42. The SMILES string of the molecule is CC1CC=CC(F)=C1NC(=O)c1cc2c(s1)-c1ccc(F)cc1N(C(=O)c1cccc(N3C(=O)CC[C@@H]3CN)n1)CC2. The molecule has 1 saturated heterocycles. The van der Waals surface area contributed by atoms with Gasteiger partial charge < -0.3 is 16.0 Å². The Balaban J connectivity index is 1.32. The van der Waals surface area contributed by atoms with Gasteiger partial charge in [0.05, 0.1) is 22.3 Å². The number of carbonyl (C=O) groups is 3. The number of carbonyl (C=O) groups excluding carboxylic acids is 3. The van der Waals surface area contributed by atoms with Crippen LogP contribution in [0.5, 0.6) is 0 Å². The van der Waals surface area contributed by atoms with Gasteiger partial charge in [-0.2, -0.15) is 0 Å². The summed E-state index contributed by atoms with van der Waals surface area (Å²) in [7, 11) is 0. The number of anilines is 2. The first-order valence-corrected chi connectivity index (χ1v) is 14.7. The fraction of sp³-hybridized carbons (Fsp3) is 0.290. The van der Waals surface area contributed by atoms with Crippen molar-refractivity contribution in [1.29, 1.82) is 0 Å². The van der Waals surface area contributed by atoms with E-state index in [1.54, 1.807) is 41.3 Å². The van der Waals surface area contributed by atoms with E-state index in [1.165, 1.54) is 34.4 Å². The predicted molar refractivity (Wildman–Crippen MR) is 157 cm³/mol. The minimum Gasteiger partial charge on any atom is -0.328 e. The highest BCUT2D eigenvalue weighted by molar-refractivity contribution is 7.17. The third kappa shape index (κ3) is 5.03. The lowest BCUT2D eigenvalue weighted by atomic mass is 9.98. The molecular weight excluding hydrogens is 560 g/mol. The molecule has 2 aromatic heterocycles. The zero-order valence-electron chi connectivity index (χ0n) is 22.9. The molecule has 2 aliphatic heterocycles. The summed E-state index contributed by atoms with van der Waals surface area (Å²) in [6.07, 6.45) is 5.12. The van der Waals surface area contributed by atoms with Crippen molar-refractivity contribution >= 4 is 40.6 Å². The molecule has 42 heavy (non-hydrogen) atoms. The molecule has 3 aromatic rings. The Labute approximate surface area is 245 Å². The predicted octanol–water partition coefficient (Wildman–Crippen LogP) is 5.11. The Bertz CT molecular complexity index is 1670. The molecule has 1 aromatic carbocycles. The molecule has 216 valence electrons. The fourth-order valence-corrected chi connectivity index (χ4v) is 6.86. The molecule has 4 heterocycles. The number of aromatic nitrogens is 1. The molecule has 3 N–H and O–H groups in total. The second kappa shape index (κ2) is 11.2. The lowest BCUT2D eigenvalue weighted by Crippen LogP contribution is -2.39. The first-order valence-electron chi connectivity index (χ1n) is 13.9. The summed E-state index contributed by atoms with van der Waals surface area (Å²) in [6.45, 7) is 2.35. The van der Waals surface area contributed by atoms with Crippen LogP contribution in [-0.2, 0) is 11.2 Å². The number of pyridine rings is 1. The molecule has 8 nitrogen and oxygen atoms in total. The van der Waals surface area contributed by atoms with Gasteiger partial charge in [-0.05, 0) is 67.3 Å². The van der Waals surface area contributed by atoms with Crippen LogP contribution in [0.4, 0.5) is 20.3 Å². The summed E-state index contributed by atoms with van der Waals surface area (Å²) in [4.78, 5) is 48.2. The Morgan fingerprint density at radius 2 is 2.00 bits per heavy atom. The summed E-state index contributed by atoms with van der Waals surface area (Å²) < 4.78 is 29.0. The van der Waals surface area contributed by atoms with E-state index >= 15 is 0 Å². The van der Waals surface area contributed by atoms with Gasteiger partial charge in [-0.1, -0.05) is 19.1 Å². The lowest BCUT2D eigenvalue weighted by Gasteiger charge is -2.25. The number of thiophene rings is 1. The Hall–Kier alpha value is -4.22. The van der Waals surface area contributed by atoms with Crippen molar-refractivity contribution in [1.82, 2.24) is 10.3 Å². The molecule has 1 aliphatic carbocycles. The zero-order valence-corrected chi connectivity index (χ0v) is 23.7. The second-order valence-electron chi connectivity index (χ2n) is 10.7. The number of hydrogen-bond donors (Lipinski definition) is 2. The average molecular weight is 590 g/mol. The molecule has 1 fully saturated rings. The quantitative estimate of drug-likeness (QED) is 0.430. The van der Waals surface area contributed by atoms with Crippen molar-refractivity contribution in [3.63, 3.8) is 0 Å². The lowest BCUT2D eigenvalue weighted by molar-refractivity contribution is -0.117. The third-order valence-corrected chi connectivity index (χ3v) is 9.14. The van der Waals surface area contributed by atoms with E-state index in [0.717, 1.165) is 10.4 Å². The van der Waals surface area contributed by atoms with Gasteiger partial charge in [0.2, 0.25) is 5.91 Å². The molecule has 6 rings (SSSR count). The standard InChI is InChI=1S/C31H29F2N5O3S/c1-17-4-2-5-22(33)28(17)36-30(40)25-14-18-12-13-37(24-15-19(32)8-10-21(24)29(18)42-25)31(41)23-6-3-7-26(35-23)38-20(16-34)9-11-27(38)39/h2-3,5-8,10,14-15,17,20H,4,9,11-13,16,34H2,1H3,(H,36,40)/t17?,20-/m1/s1. The smallest absolute Gasteiger partial charge is 0.276 e. The van der Waals surface area contributed by atoms with E-state index in [-0.39, 0.29) is 42.3 Å². The summed E-state index contributed by atoms with van der Waals surface area (Å²) in [5.41, 5.74) is 8.04. The Morgan fingerprint density at radius 3 is 2.79 bits per heavy atom. The van der Waals surface area contributed by atoms with E-state index in [4.69, 9.17) is 5.73 Å². The normalized spacial score (nSPS) is 20.0. The highest BCUT2D eigenvalue weighted by atomic mass is 32.1. The van der Waals surface area contributed by atoms with Gasteiger partial charge in [0.15, 0.2) is 0 Å². The summed E-state index contributed by atoms with van der Waals surface area (Å²) in [5, 5.41) is 2.74. The van der Waals surface area contributed by atoms with Gasteiger partial charge in [0.25, 0.3) is 11.8 Å². The number of nitrogens with zero attached hydrogens (tertiary/aromatic N) is 3. The molecule has 1 unspecified atom stereocenters. The maximum Gasteiger partial charge on any atom is 0.276 e. The maximum absolute atomic E-state index is 14.6. The van der Waals surface area contributed by atoms with Crippen LogP contribution in [0.25, 0.3) is 10.4 Å². The van der Waals surface area contributed by atoms with Crippen molar-refractivity contribution in [2.75, 3.05) is 22.9 Å². The third-order valence-electron chi connectivity index (χ3n) is 7.93. The van der Waals surface area contributed by atoms with Gasteiger partial charge in [0.1, 0.15) is 23.2 Å². The average Bonchev–Trinajstić information content (AvgIpc) is 3.54. The van der Waals surface area contributed by atoms with Crippen molar-refractivity contribution in [3.05, 3.63) is 88.1 Å². The molecule has 3 aliphatic rings. The first-order chi connectivity index (χ1) is 20.2. The van der Waals surface area contributed by atoms with Crippen molar-refractivity contribution in [3.8, 4) is 10.4 Å². The van der Waals surface area contributed by atoms with Crippen LogP contribution < -0.4 is 20.9 Å². The topological polar surface area (TPSA) is 109 Å². The maximum atomic E-state index is 14.6. The van der Waals surface area contributed by atoms with Crippen LogP contribution >= 0.6 is 11.3 Å². The van der Waals surface area contributed by atoms with Gasteiger partial charge in [-0.3, -0.25) is 19.3 Å². The number of allylic oxidation sites excluding steroid dienone is 4. The monoisotopic (exact) mass is 589 g/mol. The van der Waals surface area contributed by atoms with Gasteiger partial charge in [0, 0.05) is 35.9 Å². The van der Waals surface area contributed by atoms with E-state index < -0.39 is 23.5 Å². The van der Waals surface area contributed by atoms with Gasteiger partial charge in [-0.15, -0.1) is 11.3 Å². The molecule has 0 bridgehead atoms. The van der Waals surface area contributed by atoms with E-state index in [9.17, 15) is 23.2 Å². The number of benzene rings is 1. The van der Waals surface area contributed by atoms with Crippen LogP contribution in [0, 0.1) is 11.7 Å². The number of fused-ring (bicyclic) bond motifs is 3. The summed E-state index contributed by atoms with van der Waals surface area (Å²) >= 11 is 1.22. The number of nitrogens with one attached hydrogen (secondary N) is 1. The first kappa shape index (κ1) is 27.9. The van der Waals surface area contributed by atoms with Crippen LogP contribution in [0.3, 0.4) is 0 Å². The highest BCUT2D eigenvalue weighted by Gasteiger charge is 2.34. The molecule has 3 amide bonds. The minimum absolute atomic E-state index is 0.0949. The van der Waals surface area contributed by atoms with Crippen LogP contribution in [-0.4, -0.2) is 41.8 Å². The van der Waals surface area contributed by atoms with Gasteiger partial charge >= 0.3 is 0 Å². The van der Waals surface area contributed by atoms with E-state index in [0.29, 0.717) is 47.6 Å². The fourth-order valence-electron chi connectivity index (χ4n) is 5.72. The van der Waals surface area contributed by atoms with Crippen LogP contribution in [0.15, 0.2) is 66.1 Å². The van der Waals surface area contributed by atoms with E-state index in [2.05, 4.69) is 10.3 Å². The number of amides is 3. The Morgan fingerprint density at radius 1 is 1.17 bits per heavy atom. The molecule has 2 atom stereocenters. The van der Waals surface area contributed by atoms with Crippen molar-refractivity contribution < 1.29 is 23.2 Å². The molecule has 0 saturated carbocycles. The van der Waals surface area contributed by atoms with Gasteiger partial charge in [-0.25, -0.2) is 13.8 Å². The minimum atomic E-state index is -0.513.